The van der Waals surface area contributed by atoms with Gasteiger partial charge in [0, 0.05) is 0 Å². The minimum atomic E-state index is 1.00. The molecule has 0 saturated carbocycles. The molecule has 0 radical (unpaired) electrons. The molecule has 3 heteroatoms. The van der Waals surface area contributed by atoms with Crippen LogP contribution in [0, 0.1) is 0 Å². The van der Waals surface area contributed by atoms with Gasteiger partial charge in [0.25, 0.3) is 0 Å². The SMILES string of the molecule is B1=CCN2Cn3cccc3C=C12. The zero-order chi connectivity index (χ0) is 7.97. The van der Waals surface area contributed by atoms with Crippen LogP contribution < -0.4 is 0 Å². The van der Waals surface area contributed by atoms with Gasteiger partial charge < -0.3 is 0 Å². The van der Waals surface area contributed by atoms with Gasteiger partial charge in [0.1, 0.15) is 0 Å². The van der Waals surface area contributed by atoms with E-state index >= 15 is 0 Å². The number of hydrogen-bond acceptors (Lipinski definition) is 1. The number of fused-ring (bicyclic) bond motifs is 2. The van der Waals surface area contributed by atoms with Crippen molar-refractivity contribution >= 4 is 19.0 Å². The summed E-state index contributed by atoms with van der Waals surface area (Å²) in [5.41, 5.74) is 2.66. The van der Waals surface area contributed by atoms with Crippen molar-refractivity contribution in [2.24, 2.45) is 0 Å². The molecule has 58 valence electrons. The fourth-order valence-electron chi connectivity index (χ4n) is 1.81. The van der Waals surface area contributed by atoms with Crippen molar-refractivity contribution in [2.45, 2.75) is 6.67 Å². The Morgan fingerprint density at radius 2 is 2.42 bits per heavy atom. The molecule has 0 bridgehead atoms. The van der Waals surface area contributed by atoms with E-state index in [-0.39, 0.29) is 0 Å². The van der Waals surface area contributed by atoms with Gasteiger partial charge in [0.05, 0.1) is 0 Å². The molecule has 1 aromatic heterocycles. The van der Waals surface area contributed by atoms with E-state index in [0.717, 1.165) is 13.2 Å². The third-order valence-electron chi connectivity index (χ3n) is 2.46. The van der Waals surface area contributed by atoms with Gasteiger partial charge in [0.15, 0.2) is 0 Å². The van der Waals surface area contributed by atoms with Gasteiger partial charge in [-0.2, -0.15) is 0 Å². The van der Waals surface area contributed by atoms with Crippen LogP contribution in [0.4, 0.5) is 0 Å². The standard InChI is InChI=1S/C9H9BN2/c1-2-8-6-9-10-3-5-12(9)7-11(8)4-1/h1-4,6H,5,7H2. The molecule has 3 rings (SSSR count). The molecule has 2 aliphatic heterocycles. The molecule has 1 aromatic rings. The first-order valence-electron chi connectivity index (χ1n) is 4.22. The van der Waals surface area contributed by atoms with Crippen molar-refractivity contribution in [1.82, 2.24) is 9.47 Å². The summed E-state index contributed by atoms with van der Waals surface area (Å²) in [6, 6.07) is 4.24. The molecule has 2 aliphatic rings. The monoisotopic (exact) mass is 156 g/mol. The predicted octanol–water partition coefficient (Wildman–Crippen LogP) is 0.580. The second kappa shape index (κ2) is 2.13. The Morgan fingerprint density at radius 1 is 1.42 bits per heavy atom. The molecule has 12 heavy (non-hydrogen) atoms. The predicted molar refractivity (Wildman–Crippen MR) is 50.9 cm³/mol. The number of aromatic nitrogens is 1. The topological polar surface area (TPSA) is 8.17 Å². The van der Waals surface area contributed by atoms with Crippen LogP contribution in [0.2, 0.25) is 0 Å². The van der Waals surface area contributed by atoms with Crippen LogP contribution in [0.5, 0.6) is 0 Å². The second-order valence-corrected chi connectivity index (χ2v) is 3.24. The average Bonchev–Trinajstić information content (AvgIpc) is 2.64. The summed E-state index contributed by atoms with van der Waals surface area (Å²) in [5.74, 6) is 2.21. The summed E-state index contributed by atoms with van der Waals surface area (Å²) < 4.78 is 2.26. The van der Waals surface area contributed by atoms with Gasteiger partial charge in [-0.15, -0.1) is 0 Å². The maximum absolute atomic E-state index is 2.35. The Hall–Kier alpha value is -1.25. The molecular formula is C9H9BN2. The van der Waals surface area contributed by atoms with Crippen molar-refractivity contribution in [3.05, 3.63) is 29.6 Å². The molecule has 0 fully saturated rings. The van der Waals surface area contributed by atoms with Crippen LogP contribution in [-0.4, -0.2) is 28.9 Å². The van der Waals surface area contributed by atoms with E-state index in [1.165, 1.54) is 11.3 Å². The summed E-state index contributed by atoms with van der Waals surface area (Å²) in [4.78, 5) is 2.35. The van der Waals surface area contributed by atoms with Crippen molar-refractivity contribution in [1.29, 1.82) is 0 Å². The van der Waals surface area contributed by atoms with Gasteiger partial charge >= 0.3 is 71.3 Å². The van der Waals surface area contributed by atoms with E-state index in [2.05, 4.69) is 46.8 Å². The minimum absolute atomic E-state index is 1.00. The molecular weight excluding hydrogens is 147 g/mol. The zero-order valence-corrected chi connectivity index (χ0v) is 6.77. The number of hydrogen-bond donors (Lipinski definition) is 0. The second-order valence-electron chi connectivity index (χ2n) is 3.24. The van der Waals surface area contributed by atoms with Crippen molar-refractivity contribution in [3.63, 3.8) is 0 Å². The molecule has 0 unspecified atom stereocenters. The van der Waals surface area contributed by atoms with E-state index < -0.39 is 0 Å². The Labute approximate surface area is 72.0 Å². The molecule has 0 aromatic carbocycles. The normalized spacial score (nSPS) is 18.3. The first-order chi connectivity index (χ1) is 5.93. The Kier molecular flexibility index (Phi) is 1.11. The first-order valence-corrected chi connectivity index (χ1v) is 4.22. The molecule has 0 atom stereocenters. The van der Waals surface area contributed by atoms with E-state index in [1.807, 2.05) is 0 Å². The quantitative estimate of drug-likeness (QED) is 0.498. The van der Waals surface area contributed by atoms with Crippen LogP contribution in [0.15, 0.2) is 23.9 Å². The molecule has 2 nitrogen and oxygen atoms in total. The van der Waals surface area contributed by atoms with Gasteiger partial charge in [-0.05, 0) is 0 Å². The first kappa shape index (κ1) is 6.29. The molecule has 0 amide bonds. The summed E-state index contributed by atoms with van der Waals surface area (Å²) in [7, 11) is 0. The van der Waals surface area contributed by atoms with Gasteiger partial charge in [-0.1, -0.05) is 0 Å². The van der Waals surface area contributed by atoms with Crippen molar-refractivity contribution < 1.29 is 0 Å². The fraction of sp³-hybridized carbons (Fsp3) is 0.222. The molecule has 3 heterocycles. The van der Waals surface area contributed by atoms with Crippen molar-refractivity contribution in [3.8, 4) is 0 Å². The van der Waals surface area contributed by atoms with E-state index in [1.54, 1.807) is 0 Å². The number of nitrogens with zero attached hydrogens (tertiary/aromatic N) is 2. The zero-order valence-electron chi connectivity index (χ0n) is 6.77. The molecule has 0 N–H and O–H groups in total. The summed E-state index contributed by atoms with van der Waals surface area (Å²) in [6.45, 7) is 4.25. The summed E-state index contributed by atoms with van der Waals surface area (Å²) in [5, 5.41) is 0. The van der Waals surface area contributed by atoms with E-state index in [9.17, 15) is 0 Å². The van der Waals surface area contributed by atoms with Crippen molar-refractivity contribution in [2.75, 3.05) is 6.54 Å². The Balaban J connectivity index is 2.14. The van der Waals surface area contributed by atoms with Crippen LogP contribution >= 0.6 is 0 Å². The third-order valence-corrected chi connectivity index (χ3v) is 2.46. The van der Waals surface area contributed by atoms with Crippen LogP contribution in [0.3, 0.4) is 0 Å². The molecule has 0 spiro atoms. The van der Waals surface area contributed by atoms with Crippen LogP contribution in [-0.2, 0) is 6.67 Å². The van der Waals surface area contributed by atoms with Crippen LogP contribution in [0.1, 0.15) is 5.69 Å². The summed E-state index contributed by atoms with van der Waals surface area (Å²) >= 11 is 0. The Morgan fingerprint density at radius 3 is 3.42 bits per heavy atom. The van der Waals surface area contributed by atoms with E-state index in [0.29, 0.717) is 0 Å². The third kappa shape index (κ3) is 0.736. The summed E-state index contributed by atoms with van der Waals surface area (Å²) in [6.07, 6.45) is 4.36. The number of rotatable bonds is 0. The van der Waals surface area contributed by atoms with Gasteiger partial charge in [-0.3, -0.25) is 0 Å². The molecule has 0 aliphatic carbocycles. The van der Waals surface area contributed by atoms with Crippen LogP contribution in [0.25, 0.3) is 6.08 Å². The van der Waals surface area contributed by atoms with E-state index in [4.69, 9.17) is 0 Å². The maximum atomic E-state index is 2.35. The Bertz CT molecular complexity index is 376. The average molecular weight is 156 g/mol. The molecule has 0 saturated heterocycles. The van der Waals surface area contributed by atoms with Gasteiger partial charge in [0.2, 0.25) is 0 Å². The fourth-order valence-corrected chi connectivity index (χ4v) is 1.81. The van der Waals surface area contributed by atoms with Gasteiger partial charge in [-0.25, -0.2) is 0 Å².